The van der Waals surface area contributed by atoms with E-state index in [4.69, 9.17) is 17.0 Å². The molecule has 0 aliphatic rings. The molecule has 2 N–H and O–H groups in total. The number of methoxy groups -OCH3 is 1. The van der Waals surface area contributed by atoms with Gasteiger partial charge in [0.2, 0.25) is 5.91 Å². The monoisotopic (exact) mass is 461 g/mol. The maximum absolute atomic E-state index is 12.6. The van der Waals surface area contributed by atoms with Crippen LogP contribution in [0.15, 0.2) is 51.7 Å². The van der Waals surface area contributed by atoms with Crippen molar-refractivity contribution in [2.75, 3.05) is 7.11 Å². The molecule has 1 aromatic heterocycles. The number of halogens is 1. The molecule has 3 aromatic rings. The van der Waals surface area contributed by atoms with Crippen LogP contribution in [0.4, 0.5) is 0 Å². The van der Waals surface area contributed by atoms with Crippen LogP contribution >= 0.6 is 28.1 Å². The van der Waals surface area contributed by atoms with Crippen LogP contribution in [0.2, 0.25) is 0 Å². The third kappa shape index (κ3) is 4.34. The van der Waals surface area contributed by atoms with E-state index in [0.29, 0.717) is 15.7 Å². The fraction of sp³-hybridized carbons (Fsp3) is 0.250. The molecule has 146 valence electrons. The lowest BCUT2D eigenvalue weighted by Crippen LogP contribution is -2.30. The first-order chi connectivity index (χ1) is 13.4. The number of aromatic nitrogens is 2. The number of fused-ring (bicyclic) bond motifs is 1. The van der Waals surface area contributed by atoms with Crippen molar-refractivity contribution in [1.29, 1.82) is 0 Å². The van der Waals surface area contributed by atoms with Gasteiger partial charge in [-0.05, 0) is 64.9 Å². The van der Waals surface area contributed by atoms with Gasteiger partial charge in [0.15, 0.2) is 4.77 Å². The molecular formula is C20H20BrN3O3S. The van der Waals surface area contributed by atoms with E-state index < -0.39 is 0 Å². The minimum absolute atomic E-state index is 0.150. The normalized spacial score (nSPS) is 12.0. The van der Waals surface area contributed by atoms with Crippen molar-refractivity contribution in [3.8, 4) is 5.75 Å². The van der Waals surface area contributed by atoms with Crippen LogP contribution < -0.4 is 15.6 Å². The Morgan fingerprint density at radius 1 is 1.32 bits per heavy atom. The van der Waals surface area contributed by atoms with Crippen LogP contribution in [-0.2, 0) is 11.3 Å². The molecule has 0 radical (unpaired) electrons. The Bertz CT molecular complexity index is 1140. The Labute approximate surface area is 175 Å². The van der Waals surface area contributed by atoms with E-state index in [1.807, 2.05) is 31.2 Å². The number of rotatable bonds is 6. The summed E-state index contributed by atoms with van der Waals surface area (Å²) in [6.45, 7) is 2.12. The highest BCUT2D eigenvalue weighted by molar-refractivity contribution is 9.10. The summed E-state index contributed by atoms with van der Waals surface area (Å²) >= 11 is 8.73. The Hall–Kier alpha value is -2.45. The number of nitrogens with zero attached hydrogens (tertiary/aromatic N) is 1. The van der Waals surface area contributed by atoms with Gasteiger partial charge in [-0.1, -0.05) is 18.2 Å². The zero-order valence-electron chi connectivity index (χ0n) is 15.5. The number of carbonyl (C=O) groups is 1. The second kappa shape index (κ2) is 8.70. The van der Waals surface area contributed by atoms with Gasteiger partial charge in [0, 0.05) is 13.0 Å². The summed E-state index contributed by atoms with van der Waals surface area (Å²) in [5.41, 5.74) is 1.44. The molecule has 0 aliphatic carbocycles. The summed E-state index contributed by atoms with van der Waals surface area (Å²) in [7, 11) is 1.60. The fourth-order valence-corrected chi connectivity index (χ4v) is 3.81. The molecule has 1 atom stereocenters. The lowest BCUT2D eigenvalue weighted by atomic mass is 10.1. The molecule has 0 spiro atoms. The Balaban J connectivity index is 1.69. The molecule has 3 rings (SSSR count). The number of aromatic amines is 1. The number of H-pyrrole nitrogens is 1. The molecule has 1 unspecified atom stereocenters. The van der Waals surface area contributed by atoms with Gasteiger partial charge < -0.3 is 15.0 Å². The summed E-state index contributed by atoms with van der Waals surface area (Å²) in [5, 5.41) is 3.50. The van der Waals surface area contributed by atoms with Crippen molar-refractivity contribution in [3.63, 3.8) is 0 Å². The molecule has 0 fully saturated rings. The smallest absolute Gasteiger partial charge is 0.262 e. The molecule has 0 saturated heterocycles. The van der Waals surface area contributed by atoms with E-state index in [9.17, 15) is 9.59 Å². The summed E-state index contributed by atoms with van der Waals surface area (Å²) in [6, 6.07) is 12.7. The number of hydrogen-bond acceptors (Lipinski definition) is 4. The standard InChI is InChI=1S/C20H20BrN3O3S/c1-12(13-7-8-17(27-2)15(21)11-13)22-18(25)9-10-24-19(26)14-5-3-4-6-16(14)23-20(24)28/h3-8,11-12H,9-10H2,1-2H3,(H,22,25)(H,23,28). The number of hydrogen-bond donors (Lipinski definition) is 2. The number of amides is 1. The van der Waals surface area contributed by atoms with E-state index in [1.54, 1.807) is 25.3 Å². The zero-order chi connectivity index (χ0) is 20.3. The van der Waals surface area contributed by atoms with E-state index in [1.165, 1.54) is 4.57 Å². The third-order valence-electron chi connectivity index (χ3n) is 4.51. The highest BCUT2D eigenvalue weighted by atomic mass is 79.9. The Morgan fingerprint density at radius 2 is 2.07 bits per heavy atom. The predicted octanol–water partition coefficient (Wildman–Crippen LogP) is 4.10. The SMILES string of the molecule is COc1ccc(C(C)NC(=O)CCn2c(=S)[nH]c3ccccc3c2=O)cc1Br. The predicted molar refractivity (Wildman–Crippen MR) is 115 cm³/mol. The van der Waals surface area contributed by atoms with Gasteiger partial charge in [-0.2, -0.15) is 0 Å². The number of para-hydroxylation sites is 1. The van der Waals surface area contributed by atoms with Crippen LogP contribution in [0.25, 0.3) is 10.9 Å². The maximum atomic E-state index is 12.6. The second-order valence-corrected chi connectivity index (χ2v) is 7.61. The molecule has 6 nitrogen and oxygen atoms in total. The fourth-order valence-electron chi connectivity index (χ4n) is 2.96. The van der Waals surface area contributed by atoms with Gasteiger partial charge in [-0.25, -0.2) is 0 Å². The third-order valence-corrected chi connectivity index (χ3v) is 5.45. The molecule has 28 heavy (non-hydrogen) atoms. The summed E-state index contributed by atoms with van der Waals surface area (Å²) in [6.07, 6.45) is 0.150. The quantitative estimate of drug-likeness (QED) is 0.541. The molecule has 1 amide bonds. The lowest BCUT2D eigenvalue weighted by molar-refractivity contribution is -0.122. The van der Waals surface area contributed by atoms with Crippen LogP contribution in [0, 0.1) is 4.77 Å². The van der Waals surface area contributed by atoms with E-state index in [-0.39, 0.29) is 30.5 Å². The molecule has 1 heterocycles. The van der Waals surface area contributed by atoms with Crippen molar-refractivity contribution in [2.24, 2.45) is 0 Å². The van der Waals surface area contributed by atoms with Crippen molar-refractivity contribution in [3.05, 3.63) is 67.6 Å². The molecular weight excluding hydrogens is 442 g/mol. The molecule has 8 heteroatoms. The average molecular weight is 462 g/mol. The lowest BCUT2D eigenvalue weighted by Gasteiger charge is -2.16. The largest absolute Gasteiger partial charge is 0.496 e. The Morgan fingerprint density at radius 3 is 2.79 bits per heavy atom. The second-order valence-electron chi connectivity index (χ2n) is 6.37. The zero-order valence-corrected chi connectivity index (χ0v) is 17.9. The minimum Gasteiger partial charge on any atom is -0.496 e. The molecule has 0 aliphatic heterocycles. The molecule has 0 bridgehead atoms. The summed E-state index contributed by atoms with van der Waals surface area (Å²) in [5.74, 6) is 0.570. The van der Waals surface area contributed by atoms with Gasteiger partial charge in [-0.15, -0.1) is 0 Å². The summed E-state index contributed by atoms with van der Waals surface area (Å²) < 4.78 is 7.78. The van der Waals surface area contributed by atoms with Crippen molar-refractivity contribution < 1.29 is 9.53 Å². The van der Waals surface area contributed by atoms with Crippen LogP contribution in [0.3, 0.4) is 0 Å². The van der Waals surface area contributed by atoms with Crippen LogP contribution in [0.5, 0.6) is 5.75 Å². The van der Waals surface area contributed by atoms with Crippen molar-refractivity contribution in [2.45, 2.75) is 25.9 Å². The van der Waals surface area contributed by atoms with Gasteiger partial charge in [0.25, 0.3) is 5.56 Å². The van der Waals surface area contributed by atoms with Crippen LogP contribution in [0.1, 0.15) is 24.9 Å². The van der Waals surface area contributed by atoms with Gasteiger partial charge in [0.05, 0.1) is 28.5 Å². The molecule has 2 aromatic carbocycles. The first-order valence-electron chi connectivity index (χ1n) is 8.75. The minimum atomic E-state index is -0.195. The Kier molecular flexibility index (Phi) is 6.31. The number of carbonyl (C=O) groups excluding carboxylic acids is 1. The van der Waals surface area contributed by atoms with E-state index in [2.05, 4.69) is 26.2 Å². The highest BCUT2D eigenvalue weighted by Gasteiger charge is 2.13. The number of benzene rings is 2. The maximum Gasteiger partial charge on any atom is 0.262 e. The van der Waals surface area contributed by atoms with Gasteiger partial charge >= 0.3 is 0 Å². The van der Waals surface area contributed by atoms with Crippen molar-refractivity contribution >= 4 is 45.0 Å². The molecule has 0 saturated carbocycles. The highest BCUT2D eigenvalue weighted by Crippen LogP contribution is 2.28. The summed E-state index contributed by atoms with van der Waals surface area (Å²) in [4.78, 5) is 28.1. The van der Waals surface area contributed by atoms with Gasteiger partial charge in [0.1, 0.15) is 5.75 Å². The van der Waals surface area contributed by atoms with E-state index in [0.717, 1.165) is 15.8 Å². The average Bonchev–Trinajstić information content (AvgIpc) is 2.67. The van der Waals surface area contributed by atoms with Crippen molar-refractivity contribution in [1.82, 2.24) is 14.9 Å². The van der Waals surface area contributed by atoms with Gasteiger partial charge in [-0.3, -0.25) is 14.2 Å². The first-order valence-corrected chi connectivity index (χ1v) is 9.95. The first kappa shape index (κ1) is 20.3. The van der Waals surface area contributed by atoms with E-state index >= 15 is 0 Å². The topological polar surface area (TPSA) is 76.1 Å². The van der Waals surface area contributed by atoms with Crippen LogP contribution in [-0.4, -0.2) is 22.6 Å². The number of nitrogens with one attached hydrogen (secondary N) is 2. The number of ether oxygens (including phenoxy) is 1.